The Morgan fingerprint density at radius 1 is 1.37 bits per heavy atom. The molecule has 1 unspecified atom stereocenters. The number of carbonyl (C=O) groups is 1. The third-order valence-electron chi connectivity index (χ3n) is 3.19. The Hall–Kier alpha value is -1.75. The summed E-state index contributed by atoms with van der Waals surface area (Å²) in [4.78, 5) is 11.9. The summed E-state index contributed by atoms with van der Waals surface area (Å²) in [6.45, 7) is 5.85. The molecule has 0 aliphatic carbocycles. The largest absolute Gasteiger partial charge is 0.504 e. The van der Waals surface area contributed by atoms with Gasteiger partial charge in [-0.3, -0.25) is 4.79 Å². The number of aromatic hydroxyl groups is 2. The fourth-order valence-electron chi connectivity index (χ4n) is 1.92. The summed E-state index contributed by atoms with van der Waals surface area (Å²) >= 11 is 0. The second-order valence-corrected chi connectivity index (χ2v) is 5.00. The van der Waals surface area contributed by atoms with Crippen molar-refractivity contribution in [2.24, 2.45) is 11.7 Å². The summed E-state index contributed by atoms with van der Waals surface area (Å²) in [7, 11) is 0. The van der Waals surface area contributed by atoms with Gasteiger partial charge in [-0.15, -0.1) is 0 Å². The van der Waals surface area contributed by atoms with Crippen molar-refractivity contribution in [1.29, 1.82) is 0 Å². The summed E-state index contributed by atoms with van der Waals surface area (Å²) in [6.07, 6.45) is 1.18. The van der Waals surface area contributed by atoms with Crippen LogP contribution in [-0.4, -0.2) is 22.7 Å². The Labute approximate surface area is 113 Å². The molecule has 1 aromatic rings. The van der Waals surface area contributed by atoms with Gasteiger partial charge >= 0.3 is 0 Å². The van der Waals surface area contributed by atoms with Gasteiger partial charge in [0.25, 0.3) is 0 Å². The predicted molar refractivity (Wildman–Crippen MR) is 75.3 cm³/mol. The lowest BCUT2D eigenvalue weighted by molar-refractivity contribution is -0.117. The highest BCUT2D eigenvalue weighted by atomic mass is 16.3. The lowest BCUT2D eigenvalue weighted by Crippen LogP contribution is -2.17. The fourth-order valence-corrected chi connectivity index (χ4v) is 1.92. The highest BCUT2D eigenvalue weighted by Crippen LogP contribution is 2.36. The number of hydrogen-bond donors (Lipinski definition) is 4. The molecule has 0 heterocycles. The first kappa shape index (κ1) is 15.3. The molecule has 1 rings (SSSR count). The number of rotatable bonds is 5. The SMILES string of the molecule is Cc1cc(NC(=O)CC(C)CCN)c(C)c(O)c1O. The third kappa shape index (κ3) is 3.86. The van der Waals surface area contributed by atoms with Gasteiger partial charge in [0.15, 0.2) is 11.5 Å². The average Bonchev–Trinajstić information content (AvgIpc) is 2.33. The molecule has 0 aliphatic rings. The van der Waals surface area contributed by atoms with Gasteiger partial charge in [-0.05, 0) is 44.4 Å². The Balaban J connectivity index is 2.80. The molecule has 1 amide bonds. The molecule has 0 fully saturated rings. The van der Waals surface area contributed by atoms with E-state index in [1.165, 1.54) is 0 Å². The summed E-state index contributed by atoms with van der Waals surface area (Å²) in [6, 6.07) is 1.65. The van der Waals surface area contributed by atoms with Gasteiger partial charge in [-0.1, -0.05) is 6.92 Å². The Kier molecular flexibility index (Phi) is 5.18. The van der Waals surface area contributed by atoms with Crippen molar-refractivity contribution in [2.75, 3.05) is 11.9 Å². The van der Waals surface area contributed by atoms with Crippen LogP contribution in [0.1, 0.15) is 30.9 Å². The number of nitrogens with two attached hydrogens (primary N) is 1. The number of hydrogen-bond acceptors (Lipinski definition) is 4. The molecule has 19 heavy (non-hydrogen) atoms. The third-order valence-corrected chi connectivity index (χ3v) is 3.19. The molecule has 0 saturated heterocycles. The molecular formula is C14H22N2O3. The number of carbonyl (C=O) groups excluding carboxylic acids is 1. The highest BCUT2D eigenvalue weighted by molar-refractivity contribution is 5.92. The second kappa shape index (κ2) is 6.43. The molecule has 0 spiro atoms. The zero-order valence-corrected chi connectivity index (χ0v) is 11.7. The molecule has 0 saturated carbocycles. The van der Waals surface area contributed by atoms with Crippen LogP contribution < -0.4 is 11.1 Å². The van der Waals surface area contributed by atoms with Crippen LogP contribution >= 0.6 is 0 Å². The second-order valence-electron chi connectivity index (χ2n) is 5.00. The van der Waals surface area contributed by atoms with E-state index in [-0.39, 0.29) is 23.3 Å². The van der Waals surface area contributed by atoms with Crippen LogP contribution in [0.5, 0.6) is 11.5 Å². The molecule has 5 N–H and O–H groups in total. The van der Waals surface area contributed by atoms with E-state index in [9.17, 15) is 15.0 Å². The maximum absolute atomic E-state index is 11.9. The molecule has 0 aliphatic heterocycles. The first-order valence-electron chi connectivity index (χ1n) is 6.38. The monoisotopic (exact) mass is 266 g/mol. The molecule has 106 valence electrons. The number of phenolic OH excluding ortho intramolecular Hbond substituents is 2. The van der Waals surface area contributed by atoms with Crippen molar-refractivity contribution in [3.05, 3.63) is 17.2 Å². The first-order valence-corrected chi connectivity index (χ1v) is 6.38. The van der Waals surface area contributed by atoms with E-state index < -0.39 is 0 Å². The smallest absolute Gasteiger partial charge is 0.224 e. The summed E-state index contributed by atoms with van der Waals surface area (Å²) in [5.41, 5.74) is 6.95. The number of aryl methyl sites for hydroxylation is 1. The predicted octanol–water partition coefficient (Wildman–Crippen LogP) is 2.03. The standard InChI is InChI=1S/C14H22N2O3/c1-8(4-5-15)6-12(17)16-11-7-9(2)13(18)14(19)10(11)3/h7-8,18-19H,4-6,15H2,1-3H3,(H,16,17). The Morgan fingerprint density at radius 3 is 2.58 bits per heavy atom. The Bertz CT molecular complexity index is 472. The minimum atomic E-state index is -0.190. The van der Waals surface area contributed by atoms with E-state index >= 15 is 0 Å². The van der Waals surface area contributed by atoms with Gasteiger partial charge in [-0.25, -0.2) is 0 Å². The van der Waals surface area contributed by atoms with E-state index in [0.29, 0.717) is 29.8 Å². The van der Waals surface area contributed by atoms with Crippen molar-refractivity contribution in [3.8, 4) is 11.5 Å². The topological polar surface area (TPSA) is 95.6 Å². The number of anilines is 1. The van der Waals surface area contributed by atoms with Crippen LogP contribution in [0.25, 0.3) is 0 Å². The quantitative estimate of drug-likeness (QED) is 0.484. The molecule has 5 heteroatoms. The van der Waals surface area contributed by atoms with Crippen molar-refractivity contribution < 1.29 is 15.0 Å². The molecule has 0 bridgehead atoms. The van der Waals surface area contributed by atoms with E-state index in [1.807, 2.05) is 6.92 Å². The van der Waals surface area contributed by atoms with Gasteiger partial charge in [0.2, 0.25) is 5.91 Å². The van der Waals surface area contributed by atoms with Gasteiger partial charge in [-0.2, -0.15) is 0 Å². The number of nitrogens with one attached hydrogen (secondary N) is 1. The van der Waals surface area contributed by atoms with E-state index in [1.54, 1.807) is 19.9 Å². The molecule has 0 radical (unpaired) electrons. The van der Waals surface area contributed by atoms with Crippen LogP contribution in [0.4, 0.5) is 5.69 Å². The van der Waals surface area contributed by atoms with Crippen LogP contribution in [0.2, 0.25) is 0 Å². The number of benzene rings is 1. The first-order chi connectivity index (χ1) is 8.86. The van der Waals surface area contributed by atoms with Crippen LogP contribution in [0, 0.1) is 19.8 Å². The number of amides is 1. The molecule has 1 atom stereocenters. The van der Waals surface area contributed by atoms with Gasteiger partial charge < -0.3 is 21.3 Å². The zero-order chi connectivity index (χ0) is 14.6. The van der Waals surface area contributed by atoms with Crippen LogP contribution in [0.15, 0.2) is 6.07 Å². The summed E-state index contributed by atoms with van der Waals surface area (Å²) in [5, 5.41) is 22.1. The lowest BCUT2D eigenvalue weighted by Gasteiger charge is -2.14. The lowest BCUT2D eigenvalue weighted by atomic mass is 10.0. The average molecular weight is 266 g/mol. The minimum Gasteiger partial charge on any atom is -0.504 e. The van der Waals surface area contributed by atoms with Crippen molar-refractivity contribution >= 4 is 11.6 Å². The molecular weight excluding hydrogens is 244 g/mol. The van der Waals surface area contributed by atoms with Gasteiger partial charge in [0, 0.05) is 17.7 Å². The van der Waals surface area contributed by atoms with E-state index in [2.05, 4.69) is 5.32 Å². The van der Waals surface area contributed by atoms with Crippen LogP contribution in [-0.2, 0) is 4.79 Å². The van der Waals surface area contributed by atoms with Gasteiger partial charge in [0.1, 0.15) is 0 Å². The maximum atomic E-state index is 11.9. The van der Waals surface area contributed by atoms with E-state index in [0.717, 1.165) is 6.42 Å². The van der Waals surface area contributed by atoms with Crippen molar-refractivity contribution in [1.82, 2.24) is 0 Å². The van der Waals surface area contributed by atoms with Gasteiger partial charge in [0.05, 0.1) is 0 Å². The molecule has 5 nitrogen and oxygen atoms in total. The maximum Gasteiger partial charge on any atom is 0.224 e. The normalized spacial score (nSPS) is 12.2. The summed E-state index contributed by atoms with van der Waals surface area (Å²) in [5.74, 6) is -0.233. The van der Waals surface area contributed by atoms with Crippen molar-refractivity contribution in [3.63, 3.8) is 0 Å². The zero-order valence-electron chi connectivity index (χ0n) is 11.7. The Morgan fingerprint density at radius 2 is 2.00 bits per heavy atom. The van der Waals surface area contributed by atoms with Crippen LogP contribution in [0.3, 0.4) is 0 Å². The summed E-state index contributed by atoms with van der Waals surface area (Å²) < 4.78 is 0. The molecule has 1 aromatic carbocycles. The fraction of sp³-hybridized carbons (Fsp3) is 0.500. The highest BCUT2D eigenvalue weighted by Gasteiger charge is 2.15. The molecule has 0 aromatic heterocycles. The van der Waals surface area contributed by atoms with Crippen molar-refractivity contribution in [2.45, 2.75) is 33.6 Å². The minimum absolute atomic E-state index is 0.117. The number of phenols is 2. The van der Waals surface area contributed by atoms with E-state index in [4.69, 9.17) is 5.73 Å².